The third kappa shape index (κ3) is 4.89. The fraction of sp³-hybridized carbons (Fsp3) is 0.0500. The Morgan fingerprint density at radius 1 is 0.967 bits per heavy atom. The normalized spacial score (nSPS) is 11.2. The van der Waals surface area contributed by atoms with Gasteiger partial charge in [0.15, 0.2) is 0 Å². The van der Waals surface area contributed by atoms with E-state index in [0.717, 1.165) is 12.1 Å². The number of sulfonamides is 1. The molecule has 30 heavy (non-hydrogen) atoms. The van der Waals surface area contributed by atoms with Crippen LogP contribution in [0, 0.1) is 11.6 Å². The molecule has 0 N–H and O–H groups in total. The first kappa shape index (κ1) is 22.0. The number of rotatable bonds is 6. The predicted molar refractivity (Wildman–Crippen MR) is 109 cm³/mol. The van der Waals surface area contributed by atoms with E-state index in [0.29, 0.717) is 15.4 Å². The van der Waals surface area contributed by atoms with Gasteiger partial charge in [-0.05, 0) is 42.5 Å². The Balaban J connectivity index is 1.98. The van der Waals surface area contributed by atoms with Crippen molar-refractivity contribution in [3.8, 4) is 5.75 Å². The number of ether oxygens (including phenoxy) is 1. The van der Waals surface area contributed by atoms with E-state index in [4.69, 9.17) is 27.9 Å². The first-order valence-corrected chi connectivity index (χ1v) is 10.6. The highest BCUT2D eigenvalue weighted by Crippen LogP contribution is 2.29. The molecule has 156 valence electrons. The van der Waals surface area contributed by atoms with Gasteiger partial charge in [0.05, 0.1) is 15.6 Å². The molecule has 0 saturated carbocycles. The second-order valence-electron chi connectivity index (χ2n) is 5.97. The monoisotopic (exact) mass is 471 g/mol. The van der Waals surface area contributed by atoms with E-state index in [-0.39, 0.29) is 15.7 Å². The maximum absolute atomic E-state index is 14.4. The fourth-order valence-corrected chi connectivity index (χ4v) is 4.42. The molecular weight excluding hydrogens is 459 g/mol. The summed E-state index contributed by atoms with van der Waals surface area (Å²) >= 11 is 11.8. The first-order chi connectivity index (χ1) is 14.2. The summed E-state index contributed by atoms with van der Waals surface area (Å²) in [5.41, 5.74) is -0.514. The van der Waals surface area contributed by atoms with Crippen molar-refractivity contribution >= 4 is 44.9 Å². The van der Waals surface area contributed by atoms with Crippen LogP contribution in [-0.4, -0.2) is 20.9 Å². The van der Waals surface area contributed by atoms with Crippen molar-refractivity contribution in [2.75, 3.05) is 10.8 Å². The largest absolute Gasteiger partial charge is 0.424 e. The summed E-state index contributed by atoms with van der Waals surface area (Å²) in [7, 11) is -4.38. The van der Waals surface area contributed by atoms with Crippen LogP contribution >= 0.6 is 23.2 Å². The molecule has 5 nitrogen and oxygen atoms in total. The molecular formula is C20H13Cl2F2NO4S. The van der Waals surface area contributed by atoms with Crippen molar-refractivity contribution in [1.82, 2.24) is 0 Å². The van der Waals surface area contributed by atoms with Crippen molar-refractivity contribution in [1.29, 1.82) is 0 Å². The van der Waals surface area contributed by atoms with E-state index in [2.05, 4.69) is 0 Å². The van der Waals surface area contributed by atoms with Crippen molar-refractivity contribution < 1.29 is 26.7 Å². The van der Waals surface area contributed by atoms with Crippen LogP contribution in [0.5, 0.6) is 5.75 Å². The van der Waals surface area contributed by atoms with Crippen LogP contribution in [0.1, 0.15) is 0 Å². The Kier molecular flexibility index (Phi) is 6.60. The van der Waals surface area contributed by atoms with Gasteiger partial charge < -0.3 is 4.74 Å². The molecule has 3 aromatic rings. The Hall–Kier alpha value is -2.68. The summed E-state index contributed by atoms with van der Waals surface area (Å²) in [6.07, 6.45) is 0. The molecule has 0 heterocycles. The highest BCUT2D eigenvalue weighted by atomic mass is 35.5. The van der Waals surface area contributed by atoms with Gasteiger partial charge in [0.1, 0.15) is 23.9 Å². The number of esters is 1. The molecule has 0 aliphatic rings. The van der Waals surface area contributed by atoms with Gasteiger partial charge in [-0.1, -0.05) is 41.4 Å². The van der Waals surface area contributed by atoms with Crippen LogP contribution in [0.25, 0.3) is 0 Å². The van der Waals surface area contributed by atoms with Gasteiger partial charge in [0.2, 0.25) is 0 Å². The van der Waals surface area contributed by atoms with Crippen LogP contribution in [-0.2, 0) is 14.8 Å². The number of hydrogen-bond donors (Lipinski definition) is 0. The number of nitrogens with zero attached hydrogens (tertiary/aromatic N) is 1. The van der Waals surface area contributed by atoms with Gasteiger partial charge in [-0.15, -0.1) is 0 Å². The highest BCUT2D eigenvalue weighted by Gasteiger charge is 2.30. The molecule has 3 aromatic carbocycles. The summed E-state index contributed by atoms with van der Waals surface area (Å²) in [5.74, 6) is -3.15. The standard InChI is InChI=1S/C20H13Cl2F2NO4S/c21-13-6-9-19(16(22)10-13)29-20(26)12-25(18-8-7-14(23)11-17(18)24)30(27,28)15-4-2-1-3-5-15/h1-11H,12H2. The number of halogens is 4. The van der Waals surface area contributed by atoms with Crippen LogP contribution in [0.3, 0.4) is 0 Å². The number of carbonyl (C=O) groups is 1. The van der Waals surface area contributed by atoms with E-state index in [1.165, 1.54) is 42.5 Å². The van der Waals surface area contributed by atoms with Gasteiger partial charge in [0.25, 0.3) is 10.0 Å². The maximum atomic E-state index is 14.4. The van der Waals surface area contributed by atoms with Gasteiger partial charge in [0, 0.05) is 11.1 Å². The van der Waals surface area contributed by atoms with Gasteiger partial charge in [-0.2, -0.15) is 0 Å². The predicted octanol–water partition coefficient (Wildman–Crippen LogP) is 5.07. The van der Waals surface area contributed by atoms with Crippen molar-refractivity contribution in [2.45, 2.75) is 4.90 Å². The van der Waals surface area contributed by atoms with Crippen LogP contribution < -0.4 is 9.04 Å². The minimum atomic E-state index is -4.38. The van der Waals surface area contributed by atoms with Crippen molar-refractivity contribution in [3.05, 3.63) is 88.4 Å². The van der Waals surface area contributed by atoms with Gasteiger partial charge >= 0.3 is 5.97 Å². The van der Waals surface area contributed by atoms with E-state index in [1.54, 1.807) is 6.07 Å². The Labute approximate surface area is 181 Å². The van der Waals surface area contributed by atoms with Crippen LogP contribution in [0.2, 0.25) is 10.0 Å². The third-order valence-corrected chi connectivity index (χ3v) is 6.20. The van der Waals surface area contributed by atoms with Crippen LogP contribution in [0.4, 0.5) is 14.5 Å². The average Bonchev–Trinajstić information content (AvgIpc) is 2.69. The summed E-state index contributed by atoms with van der Waals surface area (Å²) in [6.45, 7) is -0.890. The average molecular weight is 472 g/mol. The van der Waals surface area contributed by atoms with E-state index >= 15 is 0 Å². The minimum absolute atomic E-state index is 0.0290. The van der Waals surface area contributed by atoms with Crippen molar-refractivity contribution in [3.63, 3.8) is 0 Å². The molecule has 0 unspecified atom stereocenters. The molecule has 0 radical (unpaired) electrons. The molecule has 0 spiro atoms. The molecule has 0 aromatic heterocycles. The summed E-state index contributed by atoms with van der Waals surface area (Å²) in [5, 5.41) is 0.336. The third-order valence-electron chi connectivity index (χ3n) is 3.90. The van der Waals surface area contributed by atoms with E-state index in [9.17, 15) is 22.0 Å². The Morgan fingerprint density at radius 3 is 2.30 bits per heavy atom. The molecule has 0 bridgehead atoms. The zero-order valence-corrected chi connectivity index (χ0v) is 17.4. The van der Waals surface area contributed by atoms with E-state index in [1.807, 2.05) is 0 Å². The molecule has 0 saturated heterocycles. The topological polar surface area (TPSA) is 63.7 Å². The molecule has 10 heteroatoms. The second kappa shape index (κ2) is 8.99. The van der Waals surface area contributed by atoms with Crippen molar-refractivity contribution in [2.24, 2.45) is 0 Å². The summed E-state index contributed by atoms with van der Waals surface area (Å²) < 4.78 is 59.5. The summed E-state index contributed by atoms with van der Waals surface area (Å²) in [6, 6.07) is 13.5. The SMILES string of the molecule is O=C(CN(c1ccc(F)cc1F)S(=O)(=O)c1ccccc1)Oc1ccc(Cl)cc1Cl. The van der Waals surface area contributed by atoms with Crippen LogP contribution in [0.15, 0.2) is 71.6 Å². The lowest BCUT2D eigenvalue weighted by molar-refractivity contribution is -0.132. The smallest absolute Gasteiger partial charge is 0.332 e. The molecule has 0 fully saturated rings. The minimum Gasteiger partial charge on any atom is -0.424 e. The van der Waals surface area contributed by atoms with Gasteiger partial charge in [-0.25, -0.2) is 22.0 Å². The lowest BCUT2D eigenvalue weighted by Crippen LogP contribution is -2.38. The first-order valence-electron chi connectivity index (χ1n) is 8.37. The number of anilines is 1. The number of benzene rings is 3. The molecule has 3 rings (SSSR count). The maximum Gasteiger partial charge on any atom is 0.332 e. The fourth-order valence-electron chi connectivity index (χ4n) is 2.53. The van der Waals surface area contributed by atoms with E-state index < -0.39 is 39.9 Å². The lowest BCUT2D eigenvalue weighted by atomic mass is 10.3. The summed E-state index contributed by atoms with van der Waals surface area (Å²) in [4.78, 5) is 12.3. The molecule has 0 atom stereocenters. The highest BCUT2D eigenvalue weighted by molar-refractivity contribution is 7.92. The number of hydrogen-bond acceptors (Lipinski definition) is 4. The quantitative estimate of drug-likeness (QED) is 0.371. The van der Waals surface area contributed by atoms with Gasteiger partial charge in [-0.3, -0.25) is 4.31 Å². The zero-order chi connectivity index (χ0) is 21.9. The molecule has 0 aliphatic carbocycles. The lowest BCUT2D eigenvalue weighted by Gasteiger charge is -2.24. The molecule has 0 amide bonds. The Bertz CT molecular complexity index is 1190. The second-order valence-corrected chi connectivity index (χ2v) is 8.68. The Morgan fingerprint density at radius 2 is 1.67 bits per heavy atom. The zero-order valence-electron chi connectivity index (χ0n) is 15.1. The number of carbonyl (C=O) groups excluding carboxylic acids is 1. The molecule has 0 aliphatic heterocycles.